The van der Waals surface area contributed by atoms with Gasteiger partial charge in [-0.15, -0.1) is 10.2 Å². The van der Waals surface area contributed by atoms with Gasteiger partial charge in [0, 0.05) is 16.8 Å². The molecule has 0 saturated heterocycles. The summed E-state index contributed by atoms with van der Waals surface area (Å²) in [6.07, 6.45) is 0.743. The van der Waals surface area contributed by atoms with Gasteiger partial charge < -0.3 is 8.83 Å². The van der Waals surface area contributed by atoms with E-state index in [4.69, 9.17) is 20.4 Å². The zero-order chi connectivity index (χ0) is 14.8. The van der Waals surface area contributed by atoms with E-state index in [0.717, 1.165) is 23.2 Å². The molecule has 1 unspecified atom stereocenters. The van der Waals surface area contributed by atoms with E-state index in [0.29, 0.717) is 23.3 Å². The molecule has 0 aliphatic carbocycles. The van der Waals surface area contributed by atoms with Crippen molar-refractivity contribution < 1.29 is 8.83 Å². The van der Waals surface area contributed by atoms with Crippen molar-refractivity contribution in [3.05, 3.63) is 46.8 Å². The standard InChI is InChI=1S/C15H16ClN3O2/c1-3-14-18-19-15(21-14)8-17-9(2)13-7-10-6-11(16)4-5-12(10)20-13/h4-7,9,17H,3,8H2,1-2H3. The predicted molar refractivity (Wildman–Crippen MR) is 80.2 cm³/mol. The largest absolute Gasteiger partial charge is 0.459 e. The van der Waals surface area contributed by atoms with Crippen LogP contribution in [-0.2, 0) is 13.0 Å². The van der Waals surface area contributed by atoms with E-state index in [9.17, 15) is 0 Å². The zero-order valence-electron chi connectivity index (χ0n) is 11.9. The quantitative estimate of drug-likeness (QED) is 0.775. The summed E-state index contributed by atoms with van der Waals surface area (Å²) in [5.41, 5.74) is 0.828. The summed E-state index contributed by atoms with van der Waals surface area (Å²) in [5, 5.41) is 12.9. The molecule has 3 aromatic rings. The van der Waals surface area contributed by atoms with Crippen molar-refractivity contribution in [2.24, 2.45) is 0 Å². The lowest BCUT2D eigenvalue weighted by molar-refractivity contribution is 0.398. The number of aromatic nitrogens is 2. The Balaban J connectivity index is 1.69. The molecular weight excluding hydrogens is 290 g/mol. The van der Waals surface area contributed by atoms with Crippen molar-refractivity contribution in [2.45, 2.75) is 32.9 Å². The van der Waals surface area contributed by atoms with Crippen LogP contribution in [0.2, 0.25) is 5.02 Å². The van der Waals surface area contributed by atoms with Crippen molar-refractivity contribution >= 4 is 22.6 Å². The second-order valence-electron chi connectivity index (χ2n) is 4.88. The van der Waals surface area contributed by atoms with Crippen molar-refractivity contribution in [3.63, 3.8) is 0 Å². The van der Waals surface area contributed by atoms with E-state index in [-0.39, 0.29) is 6.04 Å². The van der Waals surface area contributed by atoms with Crippen LogP contribution in [0.5, 0.6) is 0 Å². The van der Waals surface area contributed by atoms with Crippen LogP contribution in [-0.4, -0.2) is 10.2 Å². The van der Waals surface area contributed by atoms with Crippen LogP contribution in [0.4, 0.5) is 0 Å². The van der Waals surface area contributed by atoms with Crippen LogP contribution in [0.15, 0.2) is 33.1 Å². The third-order valence-electron chi connectivity index (χ3n) is 3.29. The number of fused-ring (bicyclic) bond motifs is 1. The molecule has 1 atom stereocenters. The summed E-state index contributed by atoms with van der Waals surface area (Å²) in [5.74, 6) is 2.08. The molecule has 2 heterocycles. The molecule has 0 amide bonds. The van der Waals surface area contributed by atoms with Gasteiger partial charge in [-0.05, 0) is 31.2 Å². The fourth-order valence-electron chi connectivity index (χ4n) is 2.09. The molecule has 3 rings (SSSR count). The highest BCUT2D eigenvalue weighted by Crippen LogP contribution is 2.26. The lowest BCUT2D eigenvalue weighted by Crippen LogP contribution is -2.17. The van der Waals surface area contributed by atoms with Gasteiger partial charge in [0.25, 0.3) is 0 Å². The van der Waals surface area contributed by atoms with Crippen LogP contribution >= 0.6 is 11.6 Å². The van der Waals surface area contributed by atoms with Crippen LogP contribution in [0.3, 0.4) is 0 Å². The summed E-state index contributed by atoms with van der Waals surface area (Å²) in [6, 6.07) is 7.61. The number of nitrogens with zero attached hydrogens (tertiary/aromatic N) is 2. The lowest BCUT2D eigenvalue weighted by Gasteiger charge is -2.08. The van der Waals surface area contributed by atoms with Crippen molar-refractivity contribution in [1.29, 1.82) is 0 Å². The zero-order valence-corrected chi connectivity index (χ0v) is 12.6. The van der Waals surface area contributed by atoms with Gasteiger partial charge in [0.1, 0.15) is 11.3 Å². The smallest absolute Gasteiger partial charge is 0.230 e. The van der Waals surface area contributed by atoms with E-state index in [2.05, 4.69) is 15.5 Å². The Bertz CT molecular complexity index is 750. The summed E-state index contributed by atoms with van der Waals surface area (Å²) in [7, 11) is 0. The van der Waals surface area contributed by atoms with Crippen LogP contribution in [0, 0.1) is 0 Å². The molecule has 0 fully saturated rings. The first-order valence-corrected chi connectivity index (χ1v) is 7.27. The highest BCUT2D eigenvalue weighted by atomic mass is 35.5. The van der Waals surface area contributed by atoms with Gasteiger partial charge in [0.2, 0.25) is 11.8 Å². The van der Waals surface area contributed by atoms with E-state index in [1.54, 1.807) is 0 Å². The van der Waals surface area contributed by atoms with Gasteiger partial charge in [0.15, 0.2) is 0 Å². The Kier molecular flexibility index (Phi) is 3.94. The SMILES string of the molecule is CCc1nnc(CNC(C)c2cc3cc(Cl)ccc3o2)o1. The number of furan rings is 1. The molecule has 110 valence electrons. The highest BCUT2D eigenvalue weighted by molar-refractivity contribution is 6.31. The second kappa shape index (κ2) is 5.87. The third-order valence-corrected chi connectivity index (χ3v) is 3.53. The fourth-order valence-corrected chi connectivity index (χ4v) is 2.27. The number of hydrogen-bond donors (Lipinski definition) is 1. The van der Waals surface area contributed by atoms with Gasteiger partial charge in [-0.1, -0.05) is 18.5 Å². The average Bonchev–Trinajstić information content (AvgIpc) is 3.10. The molecule has 0 aliphatic heterocycles. The van der Waals surface area contributed by atoms with Crippen LogP contribution in [0.1, 0.15) is 37.4 Å². The van der Waals surface area contributed by atoms with Gasteiger partial charge in [0.05, 0.1) is 12.6 Å². The Hall–Kier alpha value is -1.85. The minimum atomic E-state index is 0.0353. The van der Waals surface area contributed by atoms with Gasteiger partial charge in [-0.25, -0.2) is 0 Å². The summed E-state index contributed by atoms with van der Waals surface area (Å²) in [4.78, 5) is 0. The maximum Gasteiger partial charge on any atom is 0.230 e. The number of aryl methyl sites for hydroxylation is 1. The van der Waals surface area contributed by atoms with Crippen LogP contribution in [0.25, 0.3) is 11.0 Å². The number of hydrogen-bond acceptors (Lipinski definition) is 5. The van der Waals surface area contributed by atoms with Crippen molar-refractivity contribution in [2.75, 3.05) is 0 Å². The Morgan fingerprint density at radius 1 is 1.19 bits per heavy atom. The average molecular weight is 306 g/mol. The third kappa shape index (κ3) is 3.09. The maximum absolute atomic E-state index is 5.98. The Labute approximate surface area is 127 Å². The second-order valence-corrected chi connectivity index (χ2v) is 5.31. The van der Waals surface area contributed by atoms with Gasteiger partial charge >= 0.3 is 0 Å². The summed E-state index contributed by atoms with van der Waals surface area (Å²) in [6.45, 7) is 4.51. The summed E-state index contributed by atoms with van der Waals surface area (Å²) < 4.78 is 11.3. The van der Waals surface area contributed by atoms with Crippen molar-refractivity contribution in [3.8, 4) is 0 Å². The predicted octanol–water partition coefficient (Wildman–Crippen LogP) is 3.88. The molecule has 0 aliphatic rings. The van der Waals surface area contributed by atoms with Crippen LogP contribution < -0.4 is 5.32 Å². The number of benzene rings is 1. The molecule has 0 saturated carbocycles. The Morgan fingerprint density at radius 3 is 2.76 bits per heavy atom. The normalized spacial score (nSPS) is 12.9. The van der Waals surface area contributed by atoms with E-state index in [1.807, 2.05) is 38.1 Å². The number of rotatable bonds is 5. The minimum absolute atomic E-state index is 0.0353. The molecule has 1 N–H and O–H groups in total. The monoisotopic (exact) mass is 305 g/mol. The first-order valence-electron chi connectivity index (χ1n) is 6.89. The number of nitrogens with one attached hydrogen (secondary N) is 1. The minimum Gasteiger partial charge on any atom is -0.459 e. The molecule has 2 aromatic heterocycles. The molecule has 0 spiro atoms. The molecular formula is C15H16ClN3O2. The molecule has 5 nitrogen and oxygen atoms in total. The Morgan fingerprint density at radius 2 is 2.00 bits per heavy atom. The molecule has 0 radical (unpaired) electrons. The number of halogens is 1. The first-order chi connectivity index (χ1) is 10.2. The highest BCUT2D eigenvalue weighted by Gasteiger charge is 2.13. The fraction of sp³-hybridized carbons (Fsp3) is 0.333. The maximum atomic E-state index is 5.98. The van der Waals surface area contributed by atoms with Crippen molar-refractivity contribution in [1.82, 2.24) is 15.5 Å². The van der Waals surface area contributed by atoms with Gasteiger partial charge in [-0.3, -0.25) is 5.32 Å². The molecule has 21 heavy (non-hydrogen) atoms. The topological polar surface area (TPSA) is 64.1 Å². The molecule has 0 bridgehead atoms. The first kappa shape index (κ1) is 14.1. The molecule has 1 aromatic carbocycles. The summed E-state index contributed by atoms with van der Waals surface area (Å²) >= 11 is 5.98. The molecule has 6 heteroatoms. The lowest BCUT2D eigenvalue weighted by atomic mass is 10.2. The van der Waals surface area contributed by atoms with E-state index in [1.165, 1.54) is 0 Å². The van der Waals surface area contributed by atoms with E-state index >= 15 is 0 Å². The van der Waals surface area contributed by atoms with Gasteiger partial charge in [-0.2, -0.15) is 0 Å². The van der Waals surface area contributed by atoms with E-state index < -0.39 is 0 Å².